The molecule has 102 valence electrons. The number of carboxylic acids is 1. The molecule has 8 nitrogen and oxygen atoms in total. The molecule has 1 aromatic rings. The van der Waals surface area contributed by atoms with E-state index in [1.807, 2.05) is 0 Å². The van der Waals surface area contributed by atoms with Crippen molar-refractivity contribution in [2.45, 2.75) is 6.92 Å². The van der Waals surface area contributed by atoms with E-state index in [-0.39, 0.29) is 5.69 Å². The van der Waals surface area contributed by atoms with E-state index in [0.29, 0.717) is 5.13 Å². The molecule has 0 radical (unpaired) electrons. The summed E-state index contributed by atoms with van der Waals surface area (Å²) in [5.74, 6) is -2.05. The maximum atomic E-state index is 11.0. The summed E-state index contributed by atoms with van der Waals surface area (Å²) in [6.45, 7) is 1.12. The fourth-order valence-corrected chi connectivity index (χ4v) is 1.54. The summed E-state index contributed by atoms with van der Waals surface area (Å²) < 4.78 is 0. The molecule has 0 saturated heterocycles. The zero-order chi connectivity index (χ0) is 14.4. The number of carboxylic acid groups (broad SMARTS) is 1. The number of hydrogen-bond donors (Lipinski definition) is 1. The van der Waals surface area contributed by atoms with Gasteiger partial charge in [0.05, 0.1) is 6.34 Å². The van der Waals surface area contributed by atoms with Crippen LogP contribution < -0.4 is 0 Å². The van der Waals surface area contributed by atoms with Crippen molar-refractivity contribution in [1.82, 2.24) is 9.88 Å². The number of aromatic nitrogens is 1. The van der Waals surface area contributed by atoms with Gasteiger partial charge in [0.2, 0.25) is 10.8 Å². The van der Waals surface area contributed by atoms with Gasteiger partial charge in [-0.05, 0) is 0 Å². The van der Waals surface area contributed by atoms with Gasteiger partial charge < -0.3 is 14.8 Å². The van der Waals surface area contributed by atoms with Crippen LogP contribution in [0.3, 0.4) is 0 Å². The molecule has 0 aliphatic heterocycles. The summed E-state index contributed by atoms with van der Waals surface area (Å²) in [7, 11) is 3.59. The first kappa shape index (κ1) is 14.8. The highest BCUT2D eigenvalue weighted by atomic mass is 32.1. The van der Waals surface area contributed by atoms with Crippen molar-refractivity contribution in [1.29, 1.82) is 0 Å². The van der Waals surface area contributed by atoms with Gasteiger partial charge in [0.1, 0.15) is 5.69 Å². The average Bonchev–Trinajstić information content (AvgIpc) is 2.74. The lowest BCUT2D eigenvalue weighted by atomic mass is 10.3. The van der Waals surface area contributed by atoms with Gasteiger partial charge in [-0.15, -0.1) is 11.3 Å². The molecule has 0 saturated carbocycles. The van der Waals surface area contributed by atoms with Crippen molar-refractivity contribution in [3.05, 3.63) is 11.1 Å². The van der Waals surface area contributed by atoms with E-state index in [1.165, 1.54) is 11.7 Å². The number of thiazole rings is 1. The lowest BCUT2D eigenvalue weighted by molar-refractivity contribution is -0.141. The molecule has 0 aliphatic rings. The lowest BCUT2D eigenvalue weighted by Crippen LogP contribution is -2.16. The highest BCUT2D eigenvalue weighted by Crippen LogP contribution is 2.19. The highest BCUT2D eigenvalue weighted by Gasteiger charge is 2.17. The predicted octanol–water partition coefficient (Wildman–Crippen LogP) is 0.716. The monoisotopic (exact) mass is 284 g/mol. The van der Waals surface area contributed by atoms with Crippen molar-refractivity contribution in [3.63, 3.8) is 0 Å². The molecule has 0 spiro atoms. The zero-order valence-corrected chi connectivity index (χ0v) is 11.3. The number of hydrogen-bond acceptors (Lipinski definition) is 7. The van der Waals surface area contributed by atoms with Gasteiger partial charge in [-0.1, -0.05) is 5.16 Å². The van der Waals surface area contributed by atoms with E-state index in [4.69, 9.17) is 5.11 Å². The Bertz CT molecular complexity index is 535. The third kappa shape index (κ3) is 4.84. The Morgan fingerprint density at radius 2 is 2.21 bits per heavy atom. The molecule has 0 amide bonds. The fourth-order valence-electron chi connectivity index (χ4n) is 0.902. The Labute approximate surface area is 113 Å². The molecule has 0 aromatic carbocycles. The molecule has 0 bridgehead atoms. The van der Waals surface area contributed by atoms with E-state index >= 15 is 0 Å². The van der Waals surface area contributed by atoms with Gasteiger partial charge in [0, 0.05) is 26.4 Å². The van der Waals surface area contributed by atoms with Gasteiger partial charge in [0.25, 0.3) is 0 Å². The summed E-state index contributed by atoms with van der Waals surface area (Å²) in [4.78, 5) is 35.6. The van der Waals surface area contributed by atoms with Crippen molar-refractivity contribution in [2.75, 3.05) is 14.1 Å². The largest absolute Gasteiger partial charge is 0.476 e. The van der Waals surface area contributed by atoms with Crippen molar-refractivity contribution >= 4 is 40.5 Å². The maximum Gasteiger partial charge on any atom is 0.360 e. The Morgan fingerprint density at radius 1 is 1.53 bits per heavy atom. The molecule has 0 unspecified atom stereocenters. The van der Waals surface area contributed by atoms with Crippen LogP contribution in [0.5, 0.6) is 0 Å². The van der Waals surface area contributed by atoms with Gasteiger partial charge in [-0.3, -0.25) is 0 Å². The number of nitrogens with zero attached hydrogens (tertiary/aromatic N) is 4. The summed E-state index contributed by atoms with van der Waals surface area (Å²) in [6.07, 6.45) is 1.53. The molecule has 1 aromatic heterocycles. The Hall–Kier alpha value is -2.29. The van der Waals surface area contributed by atoms with E-state index in [1.54, 1.807) is 19.0 Å². The topological polar surface area (TPSA) is 104 Å². The van der Waals surface area contributed by atoms with Crippen molar-refractivity contribution in [3.8, 4) is 0 Å². The van der Waals surface area contributed by atoms with Crippen LogP contribution in [0.2, 0.25) is 0 Å². The van der Waals surface area contributed by atoms with Crippen LogP contribution in [-0.4, -0.2) is 53.1 Å². The minimum absolute atomic E-state index is 0.0876. The van der Waals surface area contributed by atoms with E-state index in [2.05, 4.69) is 20.0 Å². The standard InChI is InChI=1S/C10H12N4O4S/c1-6(15)18-13-8(9(16)17)7-4-19-10(12-7)11-5-14(2)3/h4-5H,1-3H3,(H,16,17). The fraction of sp³-hybridized carbons (Fsp3) is 0.300. The first-order valence-corrected chi connectivity index (χ1v) is 5.93. The number of aliphatic carboxylic acids is 1. The Morgan fingerprint density at radius 3 is 2.74 bits per heavy atom. The number of oxime groups is 1. The number of carbonyl (C=O) groups excluding carboxylic acids is 1. The van der Waals surface area contributed by atoms with E-state index in [0.717, 1.165) is 18.3 Å². The Balaban J connectivity index is 2.96. The first-order chi connectivity index (χ1) is 8.90. The van der Waals surface area contributed by atoms with Crippen LogP contribution in [0.15, 0.2) is 15.5 Å². The molecule has 1 N–H and O–H groups in total. The van der Waals surface area contributed by atoms with Crippen molar-refractivity contribution in [2.24, 2.45) is 10.1 Å². The number of aliphatic imine (C=N–C) groups is 1. The third-order valence-electron chi connectivity index (χ3n) is 1.60. The zero-order valence-electron chi connectivity index (χ0n) is 10.5. The molecule has 9 heteroatoms. The molecule has 1 heterocycles. The second-order valence-electron chi connectivity index (χ2n) is 3.55. The summed E-state index contributed by atoms with van der Waals surface area (Å²) in [6, 6.07) is 0. The normalized spacial score (nSPS) is 11.6. The van der Waals surface area contributed by atoms with Crippen LogP contribution in [0.1, 0.15) is 12.6 Å². The summed E-state index contributed by atoms with van der Waals surface area (Å²) >= 11 is 1.15. The van der Waals surface area contributed by atoms with Crippen LogP contribution in [-0.2, 0) is 14.4 Å². The van der Waals surface area contributed by atoms with Gasteiger partial charge in [-0.25, -0.2) is 19.6 Å². The highest BCUT2D eigenvalue weighted by molar-refractivity contribution is 7.13. The first-order valence-electron chi connectivity index (χ1n) is 5.05. The molecule has 0 aliphatic carbocycles. The van der Waals surface area contributed by atoms with E-state index < -0.39 is 17.7 Å². The van der Waals surface area contributed by atoms with Crippen LogP contribution in [0.4, 0.5) is 5.13 Å². The summed E-state index contributed by atoms with van der Waals surface area (Å²) in [5, 5.41) is 14.1. The molecule has 0 fully saturated rings. The van der Waals surface area contributed by atoms with Crippen LogP contribution >= 0.6 is 11.3 Å². The lowest BCUT2D eigenvalue weighted by Gasteiger charge is -1.99. The quantitative estimate of drug-likeness (QED) is 0.369. The van der Waals surface area contributed by atoms with E-state index in [9.17, 15) is 9.59 Å². The van der Waals surface area contributed by atoms with Gasteiger partial charge in [-0.2, -0.15) is 0 Å². The number of rotatable bonds is 5. The molecule has 1 rings (SSSR count). The smallest absolute Gasteiger partial charge is 0.360 e. The number of carbonyl (C=O) groups is 2. The summed E-state index contributed by atoms with van der Waals surface area (Å²) in [5.41, 5.74) is -0.359. The molecular weight excluding hydrogens is 272 g/mol. The Kier molecular flexibility index (Phi) is 5.12. The minimum atomic E-state index is -1.34. The predicted molar refractivity (Wildman–Crippen MR) is 69.9 cm³/mol. The van der Waals surface area contributed by atoms with Crippen LogP contribution in [0.25, 0.3) is 0 Å². The third-order valence-corrected chi connectivity index (χ3v) is 2.35. The molecule has 19 heavy (non-hydrogen) atoms. The molecular formula is C10H12N4O4S. The average molecular weight is 284 g/mol. The second kappa shape index (κ2) is 6.59. The molecule has 0 atom stereocenters. The second-order valence-corrected chi connectivity index (χ2v) is 4.39. The minimum Gasteiger partial charge on any atom is -0.476 e. The van der Waals surface area contributed by atoms with Gasteiger partial charge in [0.15, 0.2) is 0 Å². The SMILES string of the molecule is CC(=O)ON=C(C(=O)O)c1csc(N=CN(C)C)n1. The van der Waals surface area contributed by atoms with Gasteiger partial charge >= 0.3 is 11.9 Å². The maximum absolute atomic E-state index is 11.0. The van der Waals surface area contributed by atoms with Crippen LogP contribution in [0, 0.1) is 0 Å². The van der Waals surface area contributed by atoms with Crippen molar-refractivity contribution < 1.29 is 19.5 Å².